The van der Waals surface area contributed by atoms with E-state index in [1.54, 1.807) is 6.20 Å². The Balaban J connectivity index is 1.63. The first-order chi connectivity index (χ1) is 10.3. The van der Waals surface area contributed by atoms with Crippen molar-refractivity contribution in [2.45, 2.75) is 63.6 Å². The summed E-state index contributed by atoms with van der Waals surface area (Å²) in [5, 5.41) is 9.53. The molecule has 1 aliphatic carbocycles. The largest absolute Gasteiger partial charge is 0.480 e. The normalized spacial score (nSPS) is 30.0. The molecule has 2 aliphatic rings. The Morgan fingerprint density at radius 1 is 1.19 bits per heavy atom. The maximum absolute atomic E-state index is 11.6. The van der Waals surface area contributed by atoms with Crippen molar-refractivity contribution < 1.29 is 9.90 Å². The molecular weight excluding hydrogens is 266 g/mol. The molecule has 0 aromatic carbocycles. The molecule has 3 rings (SSSR count). The highest BCUT2D eigenvalue weighted by Gasteiger charge is 2.40. The molecule has 5 nitrogen and oxygen atoms in total. The van der Waals surface area contributed by atoms with Gasteiger partial charge < -0.3 is 9.67 Å². The fraction of sp³-hybridized carbons (Fsp3) is 0.750. The third-order valence-corrected chi connectivity index (χ3v) is 5.18. The van der Waals surface area contributed by atoms with Crippen molar-refractivity contribution in [3.05, 3.63) is 18.7 Å². The molecule has 0 amide bonds. The Hall–Kier alpha value is -1.36. The van der Waals surface area contributed by atoms with Gasteiger partial charge in [-0.2, -0.15) is 0 Å². The fourth-order valence-corrected chi connectivity index (χ4v) is 4.17. The van der Waals surface area contributed by atoms with Gasteiger partial charge in [0, 0.05) is 31.5 Å². The van der Waals surface area contributed by atoms with Gasteiger partial charge in [-0.25, -0.2) is 4.98 Å². The summed E-state index contributed by atoms with van der Waals surface area (Å²) < 4.78 is 2.07. The van der Waals surface area contributed by atoms with Gasteiger partial charge in [-0.3, -0.25) is 9.69 Å². The molecule has 0 spiro atoms. The minimum Gasteiger partial charge on any atom is -0.480 e. The summed E-state index contributed by atoms with van der Waals surface area (Å²) in [5.41, 5.74) is 0. The number of hydrogen-bond donors (Lipinski definition) is 1. The fourth-order valence-electron chi connectivity index (χ4n) is 4.17. The first-order valence-electron chi connectivity index (χ1n) is 8.20. The molecule has 1 saturated carbocycles. The van der Waals surface area contributed by atoms with E-state index in [-0.39, 0.29) is 6.04 Å². The van der Waals surface area contributed by atoms with E-state index in [9.17, 15) is 9.90 Å². The van der Waals surface area contributed by atoms with Gasteiger partial charge in [0.15, 0.2) is 0 Å². The van der Waals surface area contributed by atoms with Gasteiger partial charge in [-0.1, -0.05) is 12.8 Å². The van der Waals surface area contributed by atoms with Gasteiger partial charge >= 0.3 is 5.97 Å². The van der Waals surface area contributed by atoms with Gasteiger partial charge in [-0.05, 0) is 38.0 Å². The lowest BCUT2D eigenvalue weighted by molar-refractivity contribution is -0.148. The quantitative estimate of drug-likeness (QED) is 0.905. The number of rotatable bonds is 5. The summed E-state index contributed by atoms with van der Waals surface area (Å²) >= 11 is 0. The molecule has 1 N–H and O–H groups in total. The average Bonchev–Trinajstić information content (AvgIpc) is 3.00. The number of aromatic nitrogens is 2. The summed E-state index contributed by atoms with van der Waals surface area (Å²) in [4.78, 5) is 17.9. The number of carbonyl (C=O) groups is 1. The van der Waals surface area contributed by atoms with E-state index >= 15 is 0 Å². The second kappa shape index (κ2) is 6.60. The minimum absolute atomic E-state index is 0.271. The van der Waals surface area contributed by atoms with Crippen LogP contribution in [0.15, 0.2) is 18.7 Å². The van der Waals surface area contributed by atoms with Crippen LogP contribution >= 0.6 is 0 Å². The van der Waals surface area contributed by atoms with Crippen LogP contribution in [0.5, 0.6) is 0 Å². The van der Waals surface area contributed by atoms with Crippen LogP contribution in [0.3, 0.4) is 0 Å². The van der Waals surface area contributed by atoms with Crippen LogP contribution in [0.4, 0.5) is 0 Å². The number of likely N-dealkylation sites (tertiary alicyclic amines) is 1. The summed E-state index contributed by atoms with van der Waals surface area (Å²) in [6.45, 7) is 1.80. The van der Waals surface area contributed by atoms with Crippen molar-refractivity contribution in [1.29, 1.82) is 0 Å². The van der Waals surface area contributed by atoms with Crippen molar-refractivity contribution in [3.63, 3.8) is 0 Å². The molecule has 0 radical (unpaired) electrons. The van der Waals surface area contributed by atoms with E-state index < -0.39 is 5.97 Å². The number of hydrogen-bond acceptors (Lipinski definition) is 3. The van der Waals surface area contributed by atoms with E-state index in [4.69, 9.17) is 0 Å². The number of nitrogens with zero attached hydrogens (tertiary/aromatic N) is 3. The smallest absolute Gasteiger partial charge is 0.320 e. The Morgan fingerprint density at radius 3 is 2.81 bits per heavy atom. The van der Waals surface area contributed by atoms with Crippen LogP contribution in [-0.4, -0.2) is 44.2 Å². The highest BCUT2D eigenvalue weighted by atomic mass is 16.4. The standard InChI is InChI=1S/C16H25N3O2/c20-16(21)15-7-6-13-4-1-2-5-14(13)19(15)10-3-9-18-11-8-17-12-18/h8,11-15H,1-7,9-10H2,(H,20,21). The number of fused-ring (bicyclic) bond motifs is 1. The molecule has 0 bridgehead atoms. The zero-order valence-corrected chi connectivity index (χ0v) is 12.5. The van der Waals surface area contributed by atoms with Gasteiger partial charge in [0.2, 0.25) is 0 Å². The first-order valence-corrected chi connectivity index (χ1v) is 8.20. The molecule has 3 atom stereocenters. The van der Waals surface area contributed by atoms with E-state index in [1.807, 2.05) is 12.5 Å². The minimum atomic E-state index is -0.637. The highest BCUT2D eigenvalue weighted by Crippen LogP contribution is 2.37. The zero-order valence-electron chi connectivity index (χ0n) is 12.5. The van der Waals surface area contributed by atoms with Crippen LogP contribution in [0, 0.1) is 5.92 Å². The van der Waals surface area contributed by atoms with E-state index in [1.165, 1.54) is 25.7 Å². The molecule has 2 heterocycles. The van der Waals surface area contributed by atoms with Gasteiger partial charge in [0.1, 0.15) is 6.04 Å². The van der Waals surface area contributed by atoms with Crippen LogP contribution in [-0.2, 0) is 11.3 Å². The Labute approximate surface area is 126 Å². The highest BCUT2D eigenvalue weighted by molar-refractivity contribution is 5.73. The lowest BCUT2D eigenvalue weighted by Crippen LogP contribution is -2.55. The molecule has 21 heavy (non-hydrogen) atoms. The van der Waals surface area contributed by atoms with Crippen molar-refractivity contribution >= 4 is 5.97 Å². The van der Waals surface area contributed by atoms with Gasteiger partial charge in [-0.15, -0.1) is 0 Å². The lowest BCUT2D eigenvalue weighted by Gasteiger charge is -2.47. The van der Waals surface area contributed by atoms with Gasteiger partial charge in [0.25, 0.3) is 0 Å². The van der Waals surface area contributed by atoms with E-state index in [2.05, 4.69) is 14.5 Å². The predicted molar refractivity (Wildman–Crippen MR) is 80.0 cm³/mol. The monoisotopic (exact) mass is 291 g/mol. The zero-order chi connectivity index (χ0) is 14.7. The van der Waals surface area contributed by atoms with Crippen molar-refractivity contribution in [1.82, 2.24) is 14.5 Å². The van der Waals surface area contributed by atoms with Crippen LogP contribution in [0.25, 0.3) is 0 Å². The third kappa shape index (κ3) is 3.28. The van der Waals surface area contributed by atoms with E-state index in [0.29, 0.717) is 6.04 Å². The van der Waals surface area contributed by atoms with Crippen molar-refractivity contribution in [2.75, 3.05) is 6.54 Å². The second-order valence-electron chi connectivity index (χ2n) is 6.44. The number of aliphatic carboxylic acids is 1. The van der Waals surface area contributed by atoms with Crippen LogP contribution < -0.4 is 0 Å². The second-order valence-corrected chi connectivity index (χ2v) is 6.44. The molecule has 116 valence electrons. The summed E-state index contributed by atoms with van der Waals surface area (Å²) in [5.74, 6) is 0.0873. The Kier molecular flexibility index (Phi) is 4.58. The molecule has 1 saturated heterocycles. The predicted octanol–water partition coefficient (Wildman–Crippen LogP) is 2.38. The number of aryl methyl sites for hydroxylation is 1. The summed E-state index contributed by atoms with van der Waals surface area (Å²) in [6, 6.07) is 0.225. The molecule has 1 aromatic rings. The maximum atomic E-state index is 11.6. The number of carboxylic acids is 1. The SMILES string of the molecule is O=C(O)C1CCC2CCCCC2N1CCCn1ccnc1. The molecule has 5 heteroatoms. The molecule has 1 aromatic heterocycles. The van der Waals surface area contributed by atoms with Crippen molar-refractivity contribution in [2.24, 2.45) is 5.92 Å². The topological polar surface area (TPSA) is 58.4 Å². The van der Waals surface area contributed by atoms with Gasteiger partial charge in [0.05, 0.1) is 6.33 Å². The maximum Gasteiger partial charge on any atom is 0.320 e. The van der Waals surface area contributed by atoms with Crippen LogP contribution in [0.1, 0.15) is 44.9 Å². The molecule has 3 unspecified atom stereocenters. The molecule has 2 fully saturated rings. The van der Waals surface area contributed by atoms with Crippen LogP contribution in [0.2, 0.25) is 0 Å². The molecular formula is C16H25N3O2. The summed E-state index contributed by atoms with van der Waals surface area (Å²) in [6.07, 6.45) is 13.5. The van der Waals surface area contributed by atoms with Crippen molar-refractivity contribution in [3.8, 4) is 0 Å². The van der Waals surface area contributed by atoms with E-state index in [0.717, 1.165) is 38.3 Å². The number of carboxylic acid groups (broad SMARTS) is 1. The lowest BCUT2D eigenvalue weighted by atomic mass is 9.76. The Morgan fingerprint density at radius 2 is 2.05 bits per heavy atom. The number of imidazole rings is 1. The number of piperidine rings is 1. The molecule has 1 aliphatic heterocycles. The average molecular weight is 291 g/mol. The Bertz CT molecular complexity index is 460. The third-order valence-electron chi connectivity index (χ3n) is 5.18. The summed E-state index contributed by atoms with van der Waals surface area (Å²) in [7, 11) is 0. The first kappa shape index (κ1) is 14.6.